The van der Waals surface area contributed by atoms with E-state index in [1.165, 1.54) is 22.7 Å². The fourth-order valence-corrected chi connectivity index (χ4v) is 4.68. The molecule has 1 saturated heterocycles. The summed E-state index contributed by atoms with van der Waals surface area (Å²) >= 11 is 6.33. The lowest BCUT2D eigenvalue weighted by Crippen LogP contribution is -2.30. The van der Waals surface area contributed by atoms with E-state index in [1.54, 1.807) is 10.8 Å². The second-order valence-electron chi connectivity index (χ2n) is 3.79. The van der Waals surface area contributed by atoms with Crippen LogP contribution in [0, 0.1) is 17.4 Å². The molecule has 0 bridgehead atoms. The molecule has 1 fully saturated rings. The highest BCUT2D eigenvalue weighted by Gasteiger charge is 2.46. The first-order valence-electron chi connectivity index (χ1n) is 5.20. The van der Waals surface area contributed by atoms with Gasteiger partial charge in [-0.3, -0.25) is 0 Å². The van der Waals surface area contributed by atoms with Gasteiger partial charge in [-0.2, -0.15) is 0 Å². The summed E-state index contributed by atoms with van der Waals surface area (Å²) in [5.74, 6) is -2.23. The number of hydrogen-bond donors (Lipinski definition) is 0. The van der Waals surface area contributed by atoms with Gasteiger partial charge in [0.1, 0.15) is 5.77 Å². The minimum Gasteiger partial charge on any atom is -0.340 e. The molecule has 102 valence electrons. The van der Waals surface area contributed by atoms with Gasteiger partial charge in [0.15, 0.2) is 11.6 Å². The van der Waals surface area contributed by atoms with E-state index in [0.717, 1.165) is 0 Å². The van der Waals surface area contributed by atoms with E-state index in [4.69, 9.17) is 9.47 Å². The number of hydrogen-bond acceptors (Lipinski definition) is 4. The second-order valence-corrected chi connectivity index (χ2v) is 9.17. The van der Waals surface area contributed by atoms with Crippen LogP contribution in [0.4, 0.5) is 8.78 Å². The van der Waals surface area contributed by atoms with Crippen LogP contribution in [0.25, 0.3) is 0 Å². The van der Waals surface area contributed by atoms with Crippen molar-refractivity contribution in [2.45, 2.75) is 5.79 Å². The SMILES string of the molecule is Fc1c(C2(c3csc(I)c3F)OCCO2)csc1I. The van der Waals surface area contributed by atoms with Crippen LogP contribution >= 0.6 is 67.9 Å². The van der Waals surface area contributed by atoms with Gasteiger partial charge in [-0.15, -0.1) is 22.7 Å². The number of ether oxygens (including phenoxy) is 2. The monoisotopic (exact) mass is 526 g/mol. The summed E-state index contributed by atoms with van der Waals surface area (Å²) in [4.78, 5) is 0. The average molecular weight is 526 g/mol. The van der Waals surface area contributed by atoms with Crippen LogP contribution in [-0.2, 0) is 15.3 Å². The fraction of sp³-hybridized carbons (Fsp3) is 0.273. The summed E-state index contributed by atoms with van der Waals surface area (Å²) in [5, 5.41) is 3.26. The molecule has 0 aromatic carbocycles. The Kier molecular flexibility index (Phi) is 4.18. The summed E-state index contributed by atoms with van der Waals surface area (Å²) in [5.41, 5.74) is 0.514. The first-order chi connectivity index (χ1) is 9.06. The maximum Gasteiger partial charge on any atom is 0.230 e. The van der Waals surface area contributed by atoms with Crippen LogP contribution < -0.4 is 0 Å². The zero-order chi connectivity index (χ0) is 13.6. The van der Waals surface area contributed by atoms with E-state index >= 15 is 0 Å². The van der Waals surface area contributed by atoms with Gasteiger partial charge in [0.05, 0.1) is 24.3 Å². The molecule has 1 aliphatic heterocycles. The summed E-state index contributed by atoms with van der Waals surface area (Å²) < 4.78 is 40.6. The highest BCUT2D eigenvalue weighted by Crippen LogP contribution is 2.45. The van der Waals surface area contributed by atoms with E-state index in [1.807, 2.05) is 45.2 Å². The van der Waals surface area contributed by atoms with E-state index < -0.39 is 17.4 Å². The van der Waals surface area contributed by atoms with Gasteiger partial charge in [0.25, 0.3) is 0 Å². The molecule has 0 amide bonds. The zero-order valence-corrected chi connectivity index (χ0v) is 15.2. The van der Waals surface area contributed by atoms with Gasteiger partial charge >= 0.3 is 0 Å². The van der Waals surface area contributed by atoms with Gasteiger partial charge in [0.2, 0.25) is 5.79 Å². The number of thiophene rings is 2. The molecule has 1 aliphatic rings. The van der Waals surface area contributed by atoms with E-state index in [0.29, 0.717) is 19.0 Å². The highest BCUT2D eigenvalue weighted by molar-refractivity contribution is 14.1. The molecule has 0 spiro atoms. The topological polar surface area (TPSA) is 18.5 Å². The minimum absolute atomic E-state index is 0.257. The van der Waals surface area contributed by atoms with Crippen molar-refractivity contribution in [3.05, 3.63) is 39.3 Å². The Hall–Kier alpha value is 0.640. The lowest BCUT2D eigenvalue weighted by atomic mass is 10.0. The molecular weight excluding hydrogens is 520 g/mol. The Morgan fingerprint density at radius 3 is 1.68 bits per heavy atom. The Labute approximate surface area is 143 Å². The molecule has 19 heavy (non-hydrogen) atoms. The quantitative estimate of drug-likeness (QED) is 0.536. The molecule has 0 aliphatic carbocycles. The number of halogens is 4. The zero-order valence-electron chi connectivity index (χ0n) is 9.21. The van der Waals surface area contributed by atoms with Crippen molar-refractivity contribution < 1.29 is 18.3 Å². The van der Waals surface area contributed by atoms with Crippen molar-refractivity contribution in [2.24, 2.45) is 0 Å². The third kappa shape index (κ3) is 2.27. The summed E-state index contributed by atoms with van der Waals surface area (Å²) in [6.07, 6.45) is 0. The molecule has 3 heterocycles. The maximum atomic E-state index is 14.2. The van der Waals surface area contributed by atoms with Crippen LogP contribution in [0.2, 0.25) is 0 Å². The second kappa shape index (κ2) is 5.44. The number of rotatable bonds is 2. The lowest BCUT2D eigenvalue weighted by Gasteiger charge is -2.26. The van der Waals surface area contributed by atoms with Crippen molar-refractivity contribution in [1.29, 1.82) is 0 Å². The lowest BCUT2D eigenvalue weighted by molar-refractivity contribution is -0.133. The van der Waals surface area contributed by atoms with Crippen LogP contribution in [0.1, 0.15) is 11.1 Å². The largest absolute Gasteiger partial charge is 0.340 e. The Morgan fingerprint density at radius 2 is 1.37 bits per heavy atom. The molecule has 2 aromatic heterocycles. The molecule has 0 saturated carbocycles. The Morgan fingerprint density at radius 1 is 0.947 bits per heavy atom. The van der Waals surface area contributed by atoms with Crippen LogP contribution in [0.5, 0.6) is 0 Å². The predicted molar refractivity (Wildman–Crippen MR) is 86.7 cm³/mol. The van der Waals surface area contributed by atoms with Crippen LogP contribution in [0.3, 0.4) is 0 Å². The first-order valence-corrected chi connectivity index (χ1v) is 9.12. The molecule has 8 heteroatoms. The van der Waals surface area contributed by atoms with E-state index in [-0.39, 0.29) is 11.1 Å². The van der Waals surface area contributed by atoms with Crippen molar-refractivity contribution in [2.75, 3.05) is 13.2 Å². The van der Waals surface area contributed by atoms with Gasteiger partial charge in [-0.1, -0.05) is 0 Å². The highest BCUT2D eigenvalue weighted by atomic mass is 127. The van der Waals surface area contributed by atoms with E-state index in [9.17, 15) is 8.78 Å². The van der Waals surface area contributed by atoms with Gasteiger partial charge in [0, 0.05) is 10.8 Å². The Balaban J connectivity index is 2.20. The van der Waals surface area contributed by atoms with Crippen LogP contribution in [-0.4, -0.2) is 13.2 Å². The summed E-state index contributed by atoms with van der Waals surface area (Å²) in [6, 6.07) is 0. The maximum absolute atomic E-state index is 14.2. The van der Waals surface area contributed by atoms with Crippen molar-refractivity contribution in [3.63, 3.8) is 0 Å². The summed E-state index contributed by atoms with van der Waals surface area (Å²) in [6.45, 7) is 0.634. The minimum atomic E-state index is -1.44. The van der Waals surface area contributed by atoms with Crippen molar-refractivity contribution in [3.8, 4) is 0 Å². The Bertz CT molecular complexity index is 572. The van der Waals surface area contributed by atoms with Crippen molar-refractivity contribution in [1.82, 2.24) is 0 Å². The van der Waals surface area contributed by atoms with Crippen molar-refractivity contribution >= 4 is 67.9 Å². The fourth-order valence-electron chi connectivity index (χ4n) is 1.95. The van der Waals surface area contributed by atoms with E-state index in [2.05, 4.69) is 0 Å². The normalized spacial score (nSPS) is 18.1. The predicted octanol–water partition coefficient (Wildman–Crippen LogP) is 4.54. The van der Waals surface area contributed by atoms with Gasteiger partial charge < -0.3 is 9.47 Å². The molecule has 0 unspecified atom stereocenters. The van der Waals surface area contributed by atoms with Gasteiger partial charge in [-0.05, 0) is 45.2 Å². The molecule has 0 N–H and O–H groups in total. The smallest absolute Gasteiger partial charge is 0.230 e. The molecular formula is C11H6F2I2O2S2. The standard InChI is InChI=1S/C11H6F2I2O2S2/c12-7-5(3-18-9(7)14)11(16-1-2-17-11)6-4-19-10(15)8(6)13/h3-4H,1-2H2. The molecule has 0 atom stereocenters. The molecule has 2 nitrogen and oxygen atoms in total. The molecule has 3 rings (SSSR count). The third-order valence-corrected chi connectivity index (χ3v) is 6.73. The average Bonchev–Trinajstić information content (AvgIpc) is 3.06. The molecule has 2 aromatic rings. The summed E-state index contributed by atoms with van der Waals surface area (Å²) in [7, 11) is 0. The van der Waals surface area contributed by atoms with Crippen LogP contribution in [0.15, 0.2) is 10.8 Å². The third-order valence-electron chi connectivity index (χ3n) is 2.78. The van der Waals surface area contributed by atoms with Gasteiger partial charge in [-0.25, -0.2) is 8.78 Å². The molecule has 0 radical (unpaired) electrons. The first kappa shape index (κ1) is 14.6.